The molecule has 0 bridgehead atoms. The Labute approximate surface area is 108 Å². The SMILES string of the molecule is O=C(c1cc(Cl)ncc1[N+](=O)[O-])N1CC=CCC1. The zero-order chi connectivity index (χ0) is 13.1. The Morgan fingerprint density at radius 2 is 2.28 bits per heavy atom. The van der Waals surface area contributed by atoms with Crippen LogP contribution in [0.5, 0.6) is 0 Å². The van der Waals surface area contributed by atoms with Gasteiger partial charge >= 0.3 is 0 Å². The van der Waals surface area contributed by atoms with E-state index in [4.69, 9.17) is 11.6 Å². The van der Waals surface area contributed by atoms with Crippen molar-refractivity contribution in [1.29, 1.82) is 0 Å². The minimum Gasteiger partial charge on any atom is -0.334 e. The van der Waals surface area contributed by atoms with Crippen molar-refractivity contribution in [1.82, 2.24) is 9.88 Å². The summed E-state index contributed by atoms with van der Waals surface area (Å²) < 4.78 is 0. The van der Waals surface area contributed by atoms with Crippen molar-refractivity contribution >= 4 is 23.2 Å². The number of hydrogen-bond acceptors (Lipinski definition) is 4. The molecule has 0 saturated heterocycles. The summed E-state index contributed by atoms with van der Waals surface area (Å²) in [6.45, 7) is 1.00. The van der Waals surface area contributed by atoms with E-state index in [1.54, 1.807) is 4.90 Å². The van der Waals surface area contributed by atoms with Crippen LogP contribution in [0, 0.1) is 10.1 Å². The van der Waals surface area contributed by atoms with Crippen molar-refractivity contribution < 1.29 is 9.72 Å². The molecule has 7 heteroatoms. The lowest BCUT2D eigenvalue weighted by Gasteiger charge is -2.23. The van der Waals surface area contributed by atoms with E-state index >= 15 is 0 Å². The van der Waals surface area contributed by atoms with Crippen LogP contribution in [0.15, 0.2) is 24.4 Å². The van der Waals surface area contributed by atoms with E-state index in [9.17, 15) is 14.9 Å². The highest BCUT2D eigenvalue weighted by Crippen LogP contribution is 2.22. The lowest BCUT2D eigenvalue weighted by molar-refractivity contribution is -0.385. The number of aromatic nitrogens is 1. The average molecular weight is 268 g/mol. The highest BCUT2D eigenvalue weighted by molar-refractivity contribution is 6.29. The van der Waals surface area contributed by atoms with Crippen LogP contribution >= 0.6 is 11.6 Å². The smallest absolute Gasteiger partial charge is 0.300 e. The van der Waals surface area contributed by atoms with Crippen molar-refractivity contribution in [3.8, 4) is 0 Å². The molecule has 1 amide bonds. The molecule has 6 nitrogen and oxygen atoms in total. The fraction of sp³-hybridized carbons (Fsp3) is 0.273. The molecule has 0 fully saturated rings. The fourth-order valence-electron chi connectivity index (χ4n) is 1.74. The monoisotopic (exact) mass is 267 g/mol. The predicted molar refractivity (Wildman–Crippen MR) is 65.6 cm³/mol. The Balaban J connectivity index is 2.36. The maximum absolute atomic E-state index is 12.2. The normalized spacial score (nSPS) is 14.6. The molecule has 1 aromatic rings. The van der Waals surface area contributed by atoms with Crippen LogP contribution in [0.25, 0.3) is 0 Å². The van der Waals surface area contributed by atoms with Crippen molar-refractivity contribution in [2.45, 2.75) is 6.42 Å². The molecule has 18 heavy (non-hydrogen) atoms. The molecule has 0 aromatic carbocycles. The van der Waals surface area contributed by atoms with Gasteiger partial charge in [-0.2, -0.15) is 0 Å². The van der Waals surface area contributed by atoms with E-state index in [1.165, 1.54) is 6.07 Å². The first kappa shape index (κ1) is 12.5. The first-order valence-electron chi connectivity index (χ1n) is 5.34. The average Bonchev–Trinajstić information content (AvgIpc) is 2.38. The van der Waals surface area contributed by atoms with Gasteiger partial charge in [-0.1, -0.05) is 23.8 Å². The van der Waals surface area contributed by atoms with E-state index in [1.807, 2.05) is 12.2 Å². The van der Waals surface area contributed by atoms with Crippen LogP contribution in [-0.2, 0) is 0 Å². The molecule has 2 rings (SSSR count). The summed E-state index contributed by atoms with van der Waals surface area (Å²) in [5, 5.41) is 10.9. The van der Waals surface area contributed by atoms with E-state index in [2.05, 4.69) is 4.98 Å². The molecule has 0 N–H and O–H groups in total. The molecule has 2 heterocycles. The third kappa shape index (κ3) is 2.48. The summed E-state index contributed by atoms with van der Waals surface area (Å²) in [5.41, 5.74) is -0.339. The highest BCUT2D eigenvalue weighted by atomic mass is 35.5. The van der Waals surface area contributed by atoms with E-state index in [0.717, 1.165) is 12.6 Å². The van der Waals surface area contributed by atoms with Crippen LogP contribution in [0.1, 0.15) is 16.8 Å². The summed E-state index contributed by atoms with van der Waals surface area (Å²) in [5.74, 6) is -0.393. The second-order valence-electron chi connectivity index (χ2n) is 3.79. The lowest BCUT2D eigenvalue weighted by atomic mass is 10.1. The van der Waals surface area contributed by atoms with Crippen molar-refractivity contribution in [2.75, 3.05) is 13.1 Å². The van der Waals surface area contributed by atoms with Gasteiger partial charge in [0, 0.05) is 13.1 Å². The fourth-order valence-corrected chi connectivity index (χ4v) is 1.89. The van der Waals surface area contributed by atoms with E-state index in [0.29, 0.717) is 13.1 Å². The van der Waals surface area contributed by atoms with Gasteiger partial charge in [0.1, 0.15) is 16.9 Å². The number of rotatable bonds is 2. The number of amides is 1. The third-order valence-corrected chi connectivity index (χ3v) is 2.83. The Morgan fingerprint density at radius 1 is 1.50 bits per heavy atom. The highest BCUT2D eigenvalue weighted by Gasteiger charge is 2.25. The van der Waals surface area contributed by atoms with Gasteiger partial charge in [0.2, 0.25) is 0 Å². The first-order valence-corrected chi connectivity index (χ1v) is 5.71. The van der Waals surface area contributed by atoms with Gasteiger partial charge in [-0.3, -0.25) is 14.9 Å². The summed E-state index contributed by atoms with van der Waals surface area (Å²) in [6, 6.07) is 1.24. The van der Waals surface area contributed by atoms with Crippen molar-refractivity contribution in [3.05, 3.63) is 45.2 Å². The molecule has 0 atom stereocenters. The Kier molecular flexibility index (Phi) is 3.57. The zero-order valence-electron chi connectivity index (χ0n) is 9.38. The number of carbonyl (C=O) groups is 1. The van der Waals surface area contributed by atoms with Crippen molar-refractivity contribution in [2.24, 2.45) is 0 Å². The zero-order valence-corrected chi connectivity index (χ0v) is 10.1. The molecule has 0 unspecified atom stereocenters. The molecule has 0 aliphatic carbocycles. The third-order valence-electron chi connectivity index (χ3n) is 2.62. The van der Waals surface area contributed by atoms with Gasteiger partial charge in [0.25, 0.3) is 11.6 Å². The number of nitrogens with zero attached hydrogens (tertiary/aromatic N) is 3. The van der Waals surface area contributed by atoms with E-state index in [-0.39, 0.29) is 16.4 Å². The molecule has 1 aliphatic heterocycles. The second-order valence-corrected chi connectivity index (χ2v) is 4.18. The molecule has 1 aromatic heterocycles. The van der Waals surface area contributed by atoms with Gasteiger partial charge in [0.05, 0.1) is 4.92 Å². The Morgan fingerprint density at radius 3 is 2.89 bits per heavy atom. The maximum atomic E-state index is 12.2. The summed E-state index contributed by atoms with van der Waals surface area (Å²) >= 11 is 5.69. The Hall–Kier alpha value is -1.95. The predicted octanol–water partition coefficient (Wildman–Crippen LogP) is 2.05. The molecule has 0 saturated carbocycles. The molecule has 0 spiro atoms. The lowest BCUT2D eigenvalue weighted by Crippen LogP contribution is -2.34. The molecular weight excluding hydrogens is 258 g/mol. The quantitative estimate of drug-likeness (QED) is 0.356. The van der Waals surface area contributed by atoms with Crippen LogP contribution < -0.4 is 0 Å². The van der Waals surface area contributed by atoms with Crippen molar-refractivity contribution in [3.63, 3.8) is 0 Å². The topological polar surface area (TPSA) is 76.3 Å². The molecule has 1 aliphatic rings. The summed E-state index contributed by atoms with van der Waals surface area (Å²) in [4.78, 5) is 27.6. The first-order chi connectivity index (χ1) is 8.59. The standard InChI is InChI=1S/C11H10ClN3O3/c12-10-6-8(9(7-13-10)15(17)18)11(16)14-4-2-1-3-5-14/h1-2,6-7H,3-5H2. The van der Waals surface area contributed by atoms with Crippen LogP contribution in [0.2, 0.25) is 5.15 Å². The van der Waals surface area contributed by atoms with Crippen LogP contribution in [0.3, 0.4) is 0 Å². The van der Waals surface area contributed by atoms with Gasteiger partial charge in [0.15, 0.2) is 0 Å². The number of carbonyl (C=O) groups excluding carboxylic acids is 1. The van der Waals surface area contributed by atoms with Gasteiger partial charge in [-0.25, -0.2) is 4.98 Å². The van der Waals surface area contributed by atoms with Crippen LogP contribution in [-0.4, -0.2) is 33.8 Å². The molecule has 0 radical (unpaired) electrons. The Bertz CT molecular complexity index is 530. The second kappa shape index (κ2) is 5.14. The molecule has 94 valence electrons. The van der Waals surface area contributed by atoms with Gasteiger partial charge in [-0.15, -0.1) is 0 Å². The largest absolute Gasteiger partial charge is 0.334 e. The minimum absolute atomic E-state index is 0.0182. The van der Waals surface area contributed by atoms with Gasteiger partial charge < -0.3 is 4.90 Å². The molecular formula is C11H10ClN3O3. The van der Waals surface area contributed by atoms with E-state index < -0.39 is 10.8 Å². The minimum atomic E-state index is -0.629. The number of pyridine rings is 1. The number of halogens is 1. The summed E-state index contributed by atoms with van der Waals surface area (Å²) in [7, 11) is 0. The van der Waals surface area contributed by atoms with Crippen LogP contribution in [0.4, 0.5) is 5.69 Å². The number of hydrogen-bond donors (Lipinski definition) is 0. The van der Waals surface area contributed by atoms with Gasteiger partial charge in [-0.05, 0) is 12.5 Å². The maximum Gasteiger partial charge on any atom is 0.300 e. The number of nitro groups is 1. The summed E-state index contributed by atoms with van der Waals surface area (Å²) in [6.07, 6.45) is 5.58.